The predicted molar refractivity (Wildman–Crippen MR) is 90.4 cm³/mol. The number of para-hydroxylation sites is 1. The molecule has 0 spiro atoms. The molecule has 0 amide bonds. The van der Waals surface area contributed by atoms with Crippen LogP contribution in [0, 0.1) is 0 Å². The Morgan fingerprint density at radius 2 is 1.76 bits per heavy atom. The fourth-order valence-electron chi connectivity index (χ4n) is 2.28. The molecule has 2 heterocycles. The first-order valence-corrected chi connectivity index (χ1v) is 7.90. The maximum absolute atomic E-state index is 6.28. The third kappa shape index (κ3) is 2.18. The van der Waals surface area contributed by atoms with Crippen LogP contribution in [0.15, 0.2) is 48.5 Å². The largest absolute Gasteiger partial charge is 0.226 e. The van der Waals surface area contributed by atoms with Crippen LogP contribution in [-0.2, 0) is 0 Å². The number of rotatable bonds is 1. The van der Waals surface area contributed by atoms with E-state index in [1.807, 2.05) is 30.3 Å². The summed E-state index contributed by atoms with van der Waals surface area (Å²) < 4.78 is 1.20. The highest BCUT2D eigenvalue weighted by atomic mass is 35.5. The van der Waals surface area contributed by atoms with Crippen LogP contribution in [0.5, 0.6) is 0 Å². The molecule has 0 N–H and O–H groups in total. The predicted octanol–water partition coefficient (Wildman–Crippen LogP) is 5.82. The Hall–Kier alpha value is -1.68. The van der Waals surface area contributed by atoms with E-state index in [9.17, 15) is 0 Å². The molecule has 0 saturated heterocycles. The second kappa shape index (κ2) is 4.95. The van der Waals surface area contributed by atoms with Gasteiger partial charge >= 0.3 is 0 Å². The van der Waals surface area contributed by atoms with E-state index >= 15 is 0 Å². The van der Waals surface area contributed by atoms with E-state index in [2.05, 4.69) is 28.2 Å². The molecule has 0 aliphatic heterocycles. The van der Waals surface area contributed by atoms with Gasteiger partial charge in [0.25, 0.3) is 0 Å². The number of halogens is 2. The average Bonchev–Trinajstić information content (AvgIpc) is 2.92. The van der Waals surface area contributed by atoms with Crippen LogP contribution in [0.2, 0.25) is 10.2 Å². The summed E-state index contributed by atoms with van der Waals surface area (Å²) in [5.41, 5.74) is 0.687. The van der Waals surface area contributed by atoms with Crippen LogP contribution < -0.4 is 0 Å². The van der Waals surface area contributed by atoms with Crippen LogP contribution in [0.1, 0.15) is 0 Å². The molecule has 0 bridgehead atoms. The summed E-state index contributed by atoms with van der Waals surface area (Å²) in [4.78, 5) is 9.98. The summed E-state index contributed by atoms with van der Waals surface area (Å²) >= 11 is 14.1. The van der Waals surface area contributed by atoms with Gasteiger partial charge in [0, 0.05) is 10.1 Å². The molecule has 0 fully saturated rings. The van der Waals surface area contributed by atoms with Gasteiger partial charge in [0.05, 0.1) is 15.4 Å². The molecular formula is C16H8Cl2N2S. The highest BCUT2D eigenvalue weighted by Crippen LogP contribution is 2.34. The SMILES string of the molecule is Clc1nc(-c2cc3ccccc3s2)nc2c(Cl)cccc12. The van der Waals surface area contributed by atoms with Crippen molar-refractivity contribution in [1.29, 1.82) is 0 Å². The molecule has 0 unspecified atom stereocenters. The lowest BCUT2D eigenvalue weighted by Crippen LogP contribution is -1.90. The van der Waals surface area contributed by atoms with Gasteiger partial charge in [-0.2, -0.15) is 0 Å². The Morgan fingerprint density at radius 1 is 0.905 bits per heavy atom. The first kappa shape index (κ1) is 13.0. The maximum Gasteiger partial charge on any atom is 0.171 e. The molecule has 0 aliphatic carbocycles. The molecule has 0 atom stereocenters. The average molecular weight is 331 g/mol. The van der Waals surface area contributed by atoms with Gasteiger partial charge in [-0.1, -0.05) is 47.5 Å². The summed E-state index contributed by atoms with van der Waals surface area (Å²) in [7, 11) is 0. The second-order valence-corrected chi connectivity index (χ2v) is 6.47. The van der Waals surface area contributed by atoms with Crippen LogP contribution >= 0.6 is 34.5 Å². The van der Waals surface area contributed by atoms with Gasteiger partial charge < -0.3 is 0 Å². The molecule has 21 heavy (non-hydrogen) atoms. The molecule has 5 heteroatoms. The number of fused-ring (bicyclic) bond motifs is 2. The smallest absolute Gasteiger partial charge is 0.171 e. The number of aromatic nitrogens is 2. The van der Waals surface area contributed by atoms with Gasteiger partial charge in [0.15, 0.2) is 5.82 Å². The Balaban J connectivity index is 1.99. The quantitative estimate of drug-likeness (QED) is 0.411. The fourth-order valence-corrected chi connectivity index (χ4v) is 3.73. The lowest BCUT2D eigenvalue weighted by molar-refractivity contribution is 1.24. The number of hydrogen-bond donors (Lipinski definition) is 0. The number of nitrogens with zero attached hydrogens (tertiary/aromatic N) is 2. The van der Waals surface area contributed by atoms with E-state index in [0.29, 0.717) is 21.5 Å². The third-order valence-electron chi connectivity index (χ3n) is 3.28. The molecule has 102 valence electrons. The zero-order chi connectivity index (χ0) is 14.4. The van der Waals surface area contributed by atoms with Crippen molar-refractivity contribution < 1.29 is 0 Å². The minimum Gasteiger partial charge on any atom is -0.226 e. The van der Waals surface area contributed by atoms with Gasteiger partial charge in [-0.3, -0.25) is 0 Å². The van der Waals surface area contributed by atoms with E-state index in [1.54, 1.807) is 11.3 Å². The van der Waals surface area contributed by atoms with Crippen molar-refractivity contribution in [1.82, 2.24) is 9.97 Å². The molecule has 4 aromatic rings. The Labute approximate surface area is 135 Å². The van der Waals surface area contributed by atoms with Crippen LogP contribution in [0.3, 0.4) is 0 Å². The normalized spacial score (nSPS) is 11.3. The molecule has 0 saturated carbocycles. The Bertz CT molecular complexity index is 946. The highest BCUT2D eigenvalue weighted by Gasteiger charge is 2.12. The van der Waals surface area contributed by atoms with Gasteiger partial charge in [-0.25, -0.2) is 9.97 Å². The maximum atomic E-state index is 6.28. The van der Waals surface area contributed by atoms with E-state index in [0.717, 1.165) is 10.3 Å². The molecule has 0 radical (unpaired) electrons. The molecular weight excluding hydrogens is 323 g/mol. The van der Waals surface area contributed by atoms with Crippen molar-refractivity contribution in [3.8, 4) is 10.7 Å². The van der Waals surface area contributed by atoms with Crippen molar-refractivity contribution in [3.05, 3.63) is 58.7 Å². The Morgan fingerprint density at radius 3 is 2.62 bits per heavy atom. The van der Waals surface area contributed by atoms with Crippen LogP contribution in [0.4, 0.5) is 0 Å². The van der Waals surface area contributed by atoms with E-state index in [-0.39, 0.29) is 0 Å². The lowest BCUT2D eigenvalue weighted by atomic mass is 10.2. The summed E-state index contributed by atoms with van der Waals surface area (Å²) in [6, 6.07) is 15.8. The van der Waals surface area contributed by atoms with Crippen molar-refractivity contribution in [3.63, 3.8) is 0 Å². The van der Waals surface area contributed by atoms with Gasteiger partial charge in [-0.15, -0.1) is 11.3 Å². The summed E-state index contributed by atoms with van der Waals surface area (Å²) in [6.07, 6.45) is 0. The number of hydrogen-bond acceptors (Lipinski definition) is 3. The van der Waals surface area contributed by atoms with E-state index in [4.69, 9.17) is 23.2 Å². The number of benzene rings is 2. The van der Waals surface area contributed by atoms with Crippen molar-refractivity contribution >= 4 is 55.5 Å². The summed E-state index contributed by atoms with van der Waals surface area (Å²) in [5.74, 6) is 0.613. The molecule has 2 aromatic heterocycles. The third-order valence-corrected chi connectivity index (χ3v) is 4.98. The minimum absolute atomic E-state index is 0.426. The zero-order valence-electron chi connectivity index (χ0n) is 10.7. The van der Waals surface area contributed by atoms with Gasteiger partial charge in [-0.05, 0) is 29.7 Å². The summed E-state index contributed by atoms with van der Waals surface area (Å²) in [6.45, 7) is 0. The van der Waals surface area contributed by atoms with Crippen molar-refractivity contribution in [2.75, 3.05) is 0 Å². The van der Waals surface area contributed by atoms with Crippen LogP contribution in [-0.4, -0.2) is 9.97 Å². The van der Waals surface area contributed by atoms with Crippen molar-refractivity contribution in [2.24, 2.45) is 0 Å². The van der Waals surface area contributed by atoms with Gasteiger partial charge in [0.2, 0.25) is 0 Å². The molecule has 2 nitrogen and oxygen atoms in total. The van der Waals surface area contributed by atoms with Gasteiger partial charge in [0.1, 0.15) is 5.15 Å². The lowest BCUT2D eigenvalue weighted by Gasteiger charge is -2.04. The standard InChI is InChI=1S/C16H8Cl2N2S/c17-11-6-3-5-10-14(11)19-16(20-15(10)18)13-8-9-4-1-2-7-12(9)21-13/h1-8H. The number of thiophene rings is 1. The monoisotopic (exact) mass is 330 g/mol. The fraction of sp³-hybridized carbons (Fsp3) is 0. The van der Waals surface area contributed by atoms with E-state index < -0.39 is 0 Å². The summed E-state index contributed by atoms with van der Waals surface area (Å²) in [5, 5.41) is 2.96. The first-order valence-electron chi connectivity index (χ1n) is 6.33. The second-order valence-electron chi connectivity index (χ2n) is 4.62. The molecule has 2 aromatic carbocycles. The molecule has 0 aliphatic rings. The zero-order valence-corrected chi connectivity index (χ0v) is 13.0. The molecule has 4 rings (SSSR count). The highest BCUT2D eigenvalue weighted by molar-refractivity contribution is 7.22. The van der Waals surface area contributed by atoms with E-state index in [1.165, 1.54) is 10.1 Å². The minimum atomic E-state index is 0.426. The Kier molecular flexibility index (Phi) is 3.07. The van der Waals surface area contributed by atoms with Crippen LogP contribution in [0.25, 0.3) is 31.7 Å². The van der Waals surface area contributed by atoms with Crippen molar-refractivity contribution in [2.45, 2.75) is 0 Å². The first-order chi connectivity index (χ1) is 10.2. The topological polar surface area (TPSA) is 25.8 Å².